The molecule has 3 heteroatoms. The second-order valence-electron chi connectivity index (χ2n) is 4.98. The van der Waals surface area contributed by atoms with Gasteiger partial charge in [-0.3, -0.25) is 4.99 Å². The van der Waals surface area contributed by atoms with Crippen LogP contribution in [0.1, 0.15) is 24.5 Å². The van der Waals surface area contributed by atoms with Gasteiger partial charge >= 0.3 is 0 Å². The lowest BCUT2D eigenvalue weighted by molar-refractivity contribution is 0.0275. The Hall–Kier alpha value is -1.19. The zero-order chi connectivity index (χ0) is 12.8. The minimum absolute atomic E-state index is 0.102. The summed E-state index contributed by atoms with van der Waals surface area (Å²) < 4.78 is 6.07. The van der Waals surface area contributed by atoms with E-state index in [4.69, 9.17) is 4.74 Å². The van der Waals surface area contributed by atoms with Gasteiger partial charge in [-0.05, 0) is 38.7 Å². The average molecular weight is 246 g/mol. The lowest BCUT2D eigenvalue weighted by Gasteiger charge is -2.23. The van der Waals surface area contributed by atoms with Crippen molar-refractivity contribution in [1.29, 1.82) is 0 Å². The predicted molar refractivity (Wildman–Crippen MR) is 75.2 cm³/mol. The van der Waals surface area contributed by atoms with E-state index in [1.54, 1.807) is 0 Å². The molecule has 0 fully saturated rings. The van der Waals surface area contributed by atoms with Gasteiger partial charge in [-0.15, -0.1) is 0 Å². The molecule has 0 spiro atoms. The molecule has 1 aliphatic heterocycles. The van der Waals surface area contributed by atoms with Crippen LogP contribution in [0.4, 0.5) is 0 Å². The van der Waals surface area contributed by atoms with E-state index in [-0.39, 0.29) is 12.1 Å². The standard InChI is InChI=1S/C15H22N2O/c1-17(2)11-12-18-15(14-9-6-10-16-14)13-7-4-3-5-8-13/h3-5,7-8,10,14-15H,6,9,11-12H2,1-2H3. The summed E-state index contributed by atoms with van der Waals surface area (Å²) in [6, 6.07) is 10.7. The molecule has 18 heavy (non-hydrogen) atoms. The van der Waals surface area contributed by atoms with Crippen molar-refractivity contribution >= 4 is 6.21 Å². The van der Waals surface area contributed by atoms with E-state index in [0.29, 0.717) is 0 Å². The fourth-order valence-corrected chi connectivity index (χ4v) is 2.19. The summed E-state index contributed by atoms with van der Waals surface area (Å²) in [6.07, 6.45) is 4.30. The fourth-order valence-electron chi connectivity index (χ4n) is 2.19. The fraction of sp³-hybridized carbons (Fsp3) is 0.533. The molecule has 0 saturated carbocycles. The van der Waals surface area contributed by atoms with Crippen LogP contribution >= 0.6 is 0 Å². The molecule has 1 heterocycles. The Morgan fingerprint density at radius 3 is 2.72 bits per heavy atom. The van der Waals surface area contributed by atoms with Crippen molar-refractivity contribution in [3.05, 3.63) is 35.9 Å². The van der Waals surface area contributed by atoms with Crippen LogP contribution < -0.4 is 0 Å². The van der Waals surface area contributed by atoms with Gasteiger partial charge in [0.25, 0.3) is 0 Å². The van der Waals surface area contributed by atoms with E-state index < -0.39 is 0 Å². The molecule has 2 unspecified atom stereocenters. The van der Waals surface area contributed by atoms with E-state index in [1.807, 2.05) is 12.3 Å². The summed E-state index contributed by atoms with van der Waals surface area (Å²) in [5.41, 5.74) is 1.24. The van der Waals surface area contributed by atoms with Crippen LogP contribution in [0, 0.1) is 0 Å². The van der Waals surface area contributed by atoms with Gasteiger partial charge in [0.1, 0.15) is 6.10 Å². The summed E-state index contributed by atoms with van der Waals surface area (Å²) in [5, 5.41) is 0. The average Bonchev–Trinajstić information content (AvgIpc) is 2.89. The largest absolute Gasteiger partial charge is 0.370 e. The number of nitrogens with zero attached hydrogens (tertiary/aromatic N) is 2. The minimum atomic E-state index is 0.102. The van der Waals surface area contributed by atoms with E-state index in [0.717, 1.165) is 26.0 Å². The van der Waals surface area contributed by atoms with Crippen LogP contribution in [0.15, 0.2) is 35.3 Å². The molecule has 0 radical (unpaired) electrons. The smallest absolute Gasteiger partial charge is 0.105 e. The molecule has 98 valence electrons. The Morgan fingerprint density at radius 2 is 2.11 bits per heavy atom. The molecule has 1 aromatic rings. The third-order valence-electron chi connectivity index (χ3n) is 3.20. The number of likely N-dealkylation sites (N-methyl/N-ethyl adjacent to an activating group) is 1. The summed E-state index contributed by atoms with van der Waals surface area (Å²) in [4.78, 5) is 6.69. The van der Waals surface area contributed by atoms with Crippen LogP contribution in [-0.4, -0.2) is 44.4 Å². The molecular formula is C15H22N2O. The van der Waals surface area contributed by atoms with Crippen LogP contribution in [0.3, 0.4) is 0 Å². The number of aliphatic imine (C=N–C) groups is 1. The van der Waals surface area contributed by atoms with E-state index in [1.165, 1.54) is 5.56 Å². The second-order valence-corrected chi connectivity index (χ2v) is 4.98. The Morgan fingerprint density at radius 1 is 1.33 bits per heavy atom. The predicted octanol–water partition coefficient (Wildman–Crippen LogP) is 2.54. The van der Waals surface area contributed by atoms with Gasteiger partial charge in [-0.2, -0.15) is 0 Å². The van der Waals surface area contributed by atoms with Gasteiger partial charge in [-0.25, -0.2) is 0 Å². The third-order valence-corrected chi connectivity index (χ3v) is 3.20. The molecule has 0 aromatic heterocycles. The lowest BCUT2D eigenvalue weighted by Crippen LogP contribution is -2.23. The molecule has 1 aliphatic rings. The minimum Gasteiger partial charge on any atom is -0.370 e. The van der Waals surface area contributed by atoms with Crippen molar-refractivity contribution in [2.45, 2.75) is 25.0 Å². The van der Waals surface area contributed by atoms with Crippen molar-refractivity contribution in [3.8, 4) is 0 Å². The SMILES string of the molecule is CN(C)CCOC(c1ccccc1)C1CCC=N1. The van der Waals surface area contributed by atoms with Crippen molar-refractivity contribution < 1.29 is 4.74 Å². The van der Waals surface area contributed by atoms with Crippen LogP contribution in [0.25, 0.3) is 0 Å². The van der Waals surface area contributed by atoms with Crippen molar-refractivity contribution in [1.82, 2.24) is 4.90 Å². The molecule has 0 saturated heterocycles. The molecular weight excluding hydrogens is 224 g/mol. The quantitative estimate of drug-likeness (QED) is 0.770. The van der Waals surface area contributed by atoms with Gasteiger partial charge in [0.15, 0.2) is 0 Å². The van der Waals surface area contributed by atoms with Gasteiger partial charge in [0.05, 0.1) is 12.6 Å². The number of hydrogen-bond donors (Lipinski definition) is 0. The van der Waals surface area contributed by atoms with Crippen molar-refractivity contribution in [2.24, 2.45) is 4.99 Å². The molecule has 2 rings (SSSR count). The Bertz CT molecular complexity index is 375. The Balaban J connectivity index is 2.01. The molecule has 0 bridgehead atoms. The van der Waals surface area contributed by atoms with E-state index in [9.17, 15) is 0 Å². The molecule has 0 amide bonds. The highest BCUT2D eigenvalue weighted by Gasteiger charge is 2.24. The number of rotatable bonds is 6. The Kier molecular flexibility index (Phi) is 4.90. The second kappa shape index (κ2) is 6.66. The lowest BCUT2D eigenvalue weighted by atomic mass is 10.0. The molecule has 2 atom stereocenters. The van der Waals surface area contributed by atoms with Crippen LogP contribution in [0.5, 0.6) is 0 Å². The summed E-state index contributed by atoms with van der Waals surface area (Å²) >= 11 is 0. The highest BCUT2D eigenvalue weighted by molar-refractivity contribution is 5.60. The van der Waals surface area contributed by atoms with Crippen LogP contribution in [-0.2, 0) is 4.74 Å². The van der Waals surface area contributed by atoms with Gasteiger partial charge in [0.2, 0.25) is 0 Å². The summed E-state index contributed by atoms with van der Waals surface area (Å²) in [5.74, 6) is 0. The maximum absolute atomic E-state index is 6.07. The first-order valence-electron chi connectivity index (χ1n) is 6.60. The first-order chi connectivity index (χ1) is 8.77. The molecule has 0 aliphatic carbocycles. The third kappa shape index (κ3) is 3.65. The maximum Gasteiger partial charge on any atom is 0.105 e. The molecule has 3 nitrogen and oxygen atoms in total. The monoisotopic (exact) mass is 246 g/mol. The molecule has 0 N–H and O–H groups in total. The summed E-state index contributed by atoms with van der Waals surface area (Å²) in [7, 11) is 4.13. The first-order valence-corrected chi connectivity index (χ1v) is 6.60. The Labute approximate surface area is 109 Å². The van der Waals surface area contributed by atoms with E-state index in [2.05, 4.69) is 48.3 Å². The highest BCUT2D eigenvalue weighted by Crippen LogP contribution is 2.28. The number of ether oxygens (including phenoxy) is 1. The van der Waals surface area contributed by atoms with Gasteiger partial charge in [-0.1, -0.05) is 30.3 Å². The van der Waals surface area contributed by atoms with Crippen molar-refractivity contribution in [3.63, 3.8) is 0 Å². The topological polar surface area (TPSA) is 24.8 Å². The van der Waals surface area contributed by atoms with Crippen molar-refractivity contribution in [2.75, 3.05) is 27.2 Å². The van der Waals surface area contributed by atoms with Gasteiger partial charge < -0.3 is 9.64 Å². The highest BCUT2D eigenvalue weighted by atomic mass is 16.5. The summed E-state index contributed by atoms with van der Waals surface area (Å²) in [6.45, 7) is 1.69. The number of benzene rings is 1. The van der Waals surface area contributed by atoms with E-state index >= 15 is 0 Å². The normalized spacial score (nSPS) is 20.5. The molecule has 1 aromatic carbocycles. The number of hydrogen-bond acceptors (Lipinski definition) is 3. The van der Waals surface area contributed by atoms with Gasteiger partial charge in [0, 0.05) is 6.54 Å². The van der Waals surface area contributed by atoms with Crippen LogP contribution in [0.2, 0.25) is 0 Å². The first kappa shape index (κ1) is 13.2. The zero-order valence-electron chi connectivity index (χ0n) is 11.2. The zero-order valence-corrected chi connectivity index (χ0v) is 11.2. The maximum atomic E-state index is 6.07.